The number of carbonyl (C=O) groups is 1. The molecule has 1 aliphatic rings. The Balaban J connectivity index is 1.81. The van der Waals surface area contributed by atoms with E-state index in [0.29, 0.717) is 6.04 Å². The van der Waals surface area contributed by atoms with Gasteiger partial charge in [-0.05, 0) is 38.4 Å². The van der Waals surface area contributed by atoms with Crippen LogP contribution in [0.25, 0.3) is 0 Å². The first-order valence-corrected chi connectivity index (χ1v) is 7.36. The maximum Gasteiger partial charge on any atom is 0.233 e. The molecule has 1 aromatic rings. The Kier molecular flexibility index (Phi) is 5.08. The molecular weight excluding hydrogens is 244 g/mol. The van der Waals surface area contributed by atoms with Crippen molar-refractivity contribution in [3.8, 4) is 0 Å². The second kappa shape index (κ2) is 6.81. The van der Waals surface area contributed by atoms with Crippen molar-refractivity contribution in [2.24, 2.45) is 0 Å². The summed E-state index contributed by atoms with van der Waals surface area (Å²) >= 11 is 1.61. The first-order valence-electron chi connectivity index (χ1n) is 6.48. The third-order valence-electron chi connectivity index (χ3n) is 3.07. The van der Waals surface area contributed by atoms with Gasteiger partial charge in [0.25, 0.3) is 0 Å². The predicted octanol–water partition coefficient (Wildman–Crippen LogP) is 2.04. The SMILES string of the molecule is CC(Sc1ccccc1)C(=O)N[C@H]1CCCNC1. The number of hydrogen-bond donors (Lipinski definition) is 2. The van der Waals surface area contributed by atoms with Gasteiger partial charge < -0.3 is 10.6 Å². The molecule has 2 atom stereocenters. The summed E-state index contributed by atoms with van der Waals surface area (Å²) in [6, 6.07) is 10.4. The van der Waals surface area contributed by atoms with Crippen molar-refractivity contribution in [2.75, 3.05) is 13.1 Å². The standard InChI is InChI=1S/C14H20N2OS/c1-11(18-13-7-3-2-4-8-13)14(17)16-12-6-5-9-15-10-12/h2-4,7-8,11-12,15H,5-6,9-10H2,1H3,(H,16,17)/t11?,12-/m0/s1. The molecule has 1 saturated heterocycles. The van der Waals surface area contributed by atoms with Gasteiger partial charge in [-0.1, -0.05) is 18.2 Å². The minimum absolute atomic E-state index is 0.0469. The summed E-state index contributed by atoms with van der Waals surface area (Å²) in [6.07, 6.45) is 2.23. The Morgan fingerprint density at radius 1 is 1.44 bits per heavy atom. The average Bonchev–Trinajstić information content (AvgIpc) is 2.41. The van der Waals surface area contributed by atoms with Crippen molar-refractivity contribution in [3.05, 3.63) is 30.3 Å². The van der Waals surface area contributed by atoms with Gasteiger partial charge in [0.2, 0.25) is 5.91 Å². The molecule has 18 heavy (non-hydrogen) atoms. The number of piperidine rings is 1. The van der Waals surface area contributed by atoms with E-state index in [1.165, 1.54) is 0 Å². The summed E-state index contributed by atoms with van der Waals surface area (Å²) < 4.78 is 0. The summed E-state index contributed by atoms with van der Waals surface area (Å²) in [6.45, 7) is 3.93. The van der Waals surface area contributed by atoms with Crippen LogP contribution in [0.15, 0.2) is 35.2 Å². The van der Waals surface area contributed by atoms with Gasteiger partial charge >= 0.3 is 0 Å². The molecular formula is C14H20N2OS. The van der Waals surface area contributed by atoms with Crippen LogP contribution in [0.5, 0.6) is 0 Å². The molecule has 1 fully saturated rings. The van der Waals surface area contributed by atoms with E-state index in [9.17, 15) is 4.79 Å². The van der Waals surface area contributed by atoms with Crippen LogP contribution in [-0.4, -0.2) is 30.3 Å². The van der Waals surface area contributed by atoms with Gasteiger partial charge in [0.1, 0.15) is 0 Å². The van der Waals surface area contributed by atoms with E-state index in [-0.39, 0.29) is 11.2 Å². The van der Waals surface area contributed by atoms with E-state index in [4.69, 9.17) is 0 Å². The molecule has 0 spiro atoms. The van der Waals surface area contributed by atoms with E-state index in [0.717, 1.165) is 30.8 Å². The number of hydrogen-bond acceptors (Lipinski definition) is 3. The Hall–Kier alpha value is -1.00. The van der Waals surface area contributed by atoms with Gasteiger partial charge in [0.15, 0.2) is 0 Å². The number of thioether (sulfide) groups is 1. The Labute approximate surface area is 113 Å². The van der Waals surface area contributed by atoms with E-state index < -0.39 is 0 Å². The summed E-state index contributed by atoms with van der Waals surface area (Å²) in [5.74, 6) is 0.137. The highest BCUT2D eigenvalue weighted by Gasteiger charge is 2.19. The van der Waals surface area contributed by atoms with E-state index in [1.807, 2.05) is 37.3 Å². The molecule has 1 heterocycles. The normalized spacial score (nSPS) is 21.3. The van der Waals surface area contributed by atoms with Crippen molar-refractivity contribution in [1.29, 1.82) is 0 Å². The molecule has 0 bridgehead atoms. The lowest BCUT2D eigenvalue weighted by Crippen LogP contribution is -2.47. The molecule has 98 valence electrons. The zero-order chi connectivity index (χ0) is 12.8. The predicted molar refractivity (Wildman–Crippen MR) is 75.8 cm³/mol. The fraction of sp³-hybridized carbons (Fsp3) is 0.500. The largest absolute Gasteiger partial charge is 0.351 e. The summed E-state index contributed by atoms with van der Waals surface area (Å²) in [5.41, 5.74) is 0. The van der Waals surface area contributed by atoms with Gasteiger partial charge in [-0.25, -0.2) is 0 Å². The minimum atomic E-state index is -0.0469. The topological polar surface area (TPSA) is 41.1 Å². The maximum atomic E-state index is 12.1. The van der Waals surface area contributed by atoms with Crippen molar-refractivity contribution in [3.63, 3.8) is 0 Å². The van der Waals surface area contributed by atoms with Crippen LogP contribution >= 0.6 is 11.8 Å². The molecule has 0 aromatic heterocycles. The number of benzene rings is 1. The molecule has 1 aromatic carbocycles. The zero-order valence-corrected chi connectivity index (χ0v) is 11.5. The second-order valence-electron chi connectivity index (χ2n) is 4.62. The van der Waals surface area contributed by atoms with Gasteiger partial charge in [-0.3, -0.25) is 4.79 Å². The average molecular weight is 264 g/mol. The molecule has 2 N–H and O–H groups in total. The molecule has 1 amide bonds. The van der Waals surface area contributed by atoms with E-state index in [2.05, 4.69) is 10.6 Å². The summed E-state index contributed by atoms with van der Waals surface area (Å²) in [4.78, 5) is 13.2. The fourth-order valence-electron chi connectivity index (χ4n) is 2.05. The zero-order valence-electron chi connectivity index (χ0n) is 10.7. The second-order valence-corrected chi connectivity index (χ2v) is 6.04. The summed E-state index contributed by atoms with van der Waals surface area (Å²) in [7, 11) is 0. The third kappa shape index (κ3) is 4.03. The lowest BCUT2D eigenvalue weighted by molar-refractivity contribution is -0.121. The maximum absolute atomic E-state index is 12.1. The van der Waals surface area contributed by atoms with Gasteiger partial charge in [0.05, 0.1) is 5.25 Å². The Morgan fingerprint density at radius 2 is 2.22 bits per heavy atom. The monoisotopic (exact) mass is 264 g/mol. The first-order chi connectivity index (χ1) is 8.75. The van der Waals surface area contributed by atoms with Crippen molar-refractivity contribution >= 4 is 17.7 Å². The molecule has 0 saturated carbocycles. The lowest BCUT2D eigenvalue weighted by Gasteiger charge is -2.25. The molecule has 1 aliphatic heterocycles. The van der Waals surface area contributed by atoms with Crippen LogP contribution in [0.1, 0.15) is 19.8 Å². The van der Waals surface area contributed by atoms with Gasteiger partial charge in [-0.15, -0.1) is 11.8 Å². The van der Waals surface area contributed by atoms with Crippen LogP contribution in [0.4, 0.5) is 0 Å². The highest BCUT2D eigenvalue weighted by Crippen LogP contribution is 2.22. The van der Waals surface area contributed by atoms with Crippen LogP contribution in [0.2, 0.25) is 0 Å². The van der Waals surface area contributed by atoms with E-state index >= 15 is 0 Å². The number of nitrogens with one attached hydrogen (secondary N) is 2. The van der Waals surface area contributed by atoms with Crippen LogP contribution < -0.4 is 10.6 Å². The van der Waals surface area contributed by atoms with Gasteiger partial charge in [0, 0.05) is 17.5 Å². The highest BCUT2D eigenvalue weighted by atomic mass is 32.2. The van der Waals surface area contributed by atoms with Crippen LogP contribution in [-0.2, 0) is 4.79 Å². The number of rotatable bonds is 4. The fourth-order valence-corrected chi connectivity index (χ4v) is 2.95. The molecule has 0 radical (unpaired) electrons. The smallest absolute Gasteiger partial charge is 0.233 e. The Morgan fingerprint density at radius 3 is 2.89 bits per heavy atom. The molecule has 4 heteroatoms. The minimum Gasteiger partial charge on any atom is -0.351 e. The van der Waals surface area contributed by atoms with E-state index in [1.54, 1.807) is 11.8 Å². The van der Waals surface area contributed by atoms with Crippen molar-refractivity contribution < 1.29 is 4.79 Å². The number of carbonyl (C=O) groups excluding carboxylic acids is 1. The van der Waals surface area contributed by atoms with Crippen molar-refractivity contribution in [2.45, 2.75) is 36.0 Å². The molecule has 0 aliphatic carbocycles. The molecule has 2 rings (SSSR count). The van der Waals surface area contributed by atoms with Gasteiger partial charge in [-0.2, -0.15) is 0 Å². The molecule has 3 nitrogen and oxygen atoms in total. The highest BCUT2D eigenvalue weighted by molar-refractivity contribution is 8.00. The lowest BCUT2D eigenvalue weighted by atomic mass is 10.1. The first kappa shape index (κ1) is 13.4. The Bertz CT molecular complexity index is 377. The van der Waals surface area contributed by atoms with Crippen LogP contribution in [0.3, 0.4) is 0 Å². The summed E-state index contributed by atoms with van der Waals surface area (Å²) in [5, 5.41) is 6.38. The number of amides is 1. The third-order valence-corrected chi connectivity index (χ3v) is 4.18. The molecule has 1 unspecified atom stereocenters. The quantitative estimate of drug-likeness (QED) is 0.818. The van der Waals surface area contributed by atoms with Crippen LogP contribution in [0, 0.1) is 0 Å². The van der Waals surface area contributed by atoms with Crippen molar-refractivity contribution in [1.82, 2.24) is 10.6 Å².